The van der Waals surface area contributed by atoms with Crippen molar-refractivity contribution in [2.45, 2.75) is 25.3 Å². The zero-order valence-corrected chi connectivity index (χ0v) is 10.5. The Bertz CT molecular complexity index is 552. The van der Waals surface area contributed by atoms with Gasteiger partial charge in [0.1, 0.15) is 17.7 Å². The van der Waals surface area contributed by atoms with E-state index in [0.717, 1.165) is 12.1 Å². The number of carbonyl (C=O) groups excluding carboxylic acids is 1. The van der Waals surface area contributed by atoms with Crippen molar-refractivity contribution in [3.8, 4) is 12.3 Å². The van der Waals surface area contributed by atoms with Gasteiger partial charge in [-0.2, -0.15) is 0 Å². The quantitative estimate of drug-likeness (QED) is 0.618. The summed E-state index contributed by atoms with van der Waals surface area (Å²) in [5, 5.41) is 11.1. The number of carbonyl (C=O) groups is 2. The minimum atomic E-state index is -1.24. The molecule has 0 bridgehead atoms. The average molecular weight is 281 g/mol. The molecule has 0 unspecified atom stereocenters. The standard InChI is InChI=1S/C14H13F2NO3/c1-2-3-4-5-12(14(19)20)17-13(18)10-7-6-9(15)8-11(10)16/h1,6-8,12H,3-5H2,(H,17,18)(H,19,20)/t12-/m1/s1. The summed E-state index contributed by atoms with van der Waals surface area (Å²) in [6.07, 6.45) is 5.98. The number of unbranched alkanes of at least 4 members (excludes halogenated alkanes) is 1. The lowest BCUT2D eigenvalue weighted by Crippen LogP contribution is -2.41. The number of benzene rings is 1. The van der Waals surface area contributed by atoms with Gasteiger partial charge in [0.2, 0.25) is 0 Å². The van der Waals surface area contributed by atoms with Crippen molar-refractivity contribution in [1.29, 1.82) is 0 Å². The number of carboxylic acid groups (broad SMARTS) is 1. The van der Waals surface area contributed by atoms with Crippen molar-refractivity contribution in [3.63, 3.8) is 0 Å². The fourth-order valence-electron chi connectivity index (χ4n) is 1.58. The number of halogens is 2. The molecule has 0 radical (unpaired) electrons. The largest absolute Gasteiger partial charge is 0.480 e. The van der Waals surface area contributed by atoms with E-state index in [9.17, 15) is 18.4 Å². The third-order valence-corrected chi connectivity index (χ3v) is 2.59. The highest BCUT2D eigenvalue weighted by Crippen LogP contribution is 2.10. The second kappa shape index (κ2) is 7.24. The molecule has 0 spiro atoms. The van der Waals surface area contributed by atoms with Gasteiger partial charge in [-0.1, -0.05) is 0 Å². The molecule has 0 aliphatic rings. The minimum absolute atomic E-state index is 0.133. The number of amides is 1. The van der Waals surface area contributed by atoms with Crippen LogP contribution in [0.15, 0.2) is 18.2 Å². The van der Waals surface area contributed by atoms with Gasteiger partial charge in [0.05, 0.1) is 5.56 Å². The van der Waals surface area contributed by atoms with E-state index in [-0.39, 0.29) is 6.42 Å². The molecule has 1 atom stereocenters. The predicted octanol–water partition coefficient (Wildman–Crippen LogP) is 1.95. The lowest BCUT2D eigenvalue weighted by molar-refractivity contribution is -0.139. The molecule has 0 heterocycles. The Morgan fingerprint density at radius 2 is 2.10 bits per heavy atom. The summed E-state index contributed by atoms with van der Waals surface area (Å²) >= 11 is 0. The van der Waals surface area contributed by atoms with Crippen LogP contribution < -0.4 is 5.32 Å². The molecule has 1 aromatic carbocycles. The van der Waals surface area contributed by atoms with Crippen molar-refractivity contribution in [3.05, 3.63) is 35.4 Å². The number of nitrogens with one attached hydrogen (secondary N) is 1. The van der Waals surface area contributed by atoms with Gasteiger partial charge in [0.15, 0.2) is 0 Å². The van der Waals surface area contributed by atoms with Crippen LogP contribution in [0.3, 0.4) is 0 Å². The molecule has 1 amide bonds. The molecule has 4 nitrogen and oxygen atoms in total. The molecule has 1 aromatic rings. The third-order valence-electron chi connectivity index (χ3n) is 2.59. The highest BCUT2D eigenvalue weighted by atomic mass is 19.1. The van der Waals surface area contributed by atoms with E-state index < -0.39 is 35.1 Å². The Morgan fingerprint density at radius 3 is 2.65 bits per heavy atom. The first-order valence-electron chi connectivity index (χ1n) is 5.88. The monoisotopic (exact) mass is 281 g/mol. The van der Waals surface area contributed by atoms with E-state index in [1.807, 2.05) is 0 Å². The summed E-state index contributed by atoms with van der Waals surface area (Å²) in [5.74, 6) is -1.65. The van der Waals surface area contributed by atoms with Crippen molar-refractivity contribution < 1.29 is 23.5 Å². The van der Waals surface area contributed by atoms with Gasteiger partial charge in [-0.25, -0.2) is 13.6 Å². The maximum atomic E-state index is 13.4. The van der Waals surface area contributed by atoms with Crippen LogP contribution in [-0.2, 0) is 4.79 Å². The minimum Gasteiger partial charge on any atom is -0.480 e. The highest BCUT2D eigenvalue weighted by molar-refractivity contribution is 5.96. The molecule has 0 aromatic heterocycles. The fraction of sp³-hybridized carbons (Fsp3) is 0.286. The van der Waals surface area contributed by atoms with Crippen molar-refractivity contribution in [1.82, 2.24) is 5.32 Å². The Hall–Kier alpha value is -2.42. The van der Waals surface area contributed by atoms with Gasteiger partial charge in [-0.05, 0) is 25.0 Å². The van der Waals surface area contributed by atoms with Crippen LogP contribution in [0.1, 0.15) is 29.6 Å². The lowest BCUT2D eigenvalue weighted by atomic mass is 10.1. The number of aliphatic carboxylic acids is 1. The molecule has 20 heavy (non-hydrogen) atoms. The molecule has 0 aliphatic carbocycles. The van der Waals surface area contributed by atoms with Crippen LogP contribution in [0.4, 0.5) is 8.78 Å². The number of hydrogen-bond acceptors (Lipinski definition) is 2. The summed E-state index contributed by atoms with van der Waals surface area (Å²) in [7, 11) is 0. The molecule has 0 saturated carbocycles. The molecular formula is C14H13F2NO3. The first kappa shape index (κ1) is 15.6. The normalized spacial score (nSPS) is 11.4. The molecule has 106 valence electrons. The van der Waals surface area contributed by atoms with Gasteiger partial charge in [0, 0.05) is 12.5 Å². The summed E-state index contributed by atoms with van der Waals surface area (Å²) in [6, 6.07) is 1.27. The van der Waals surface area contributed by atoms with Crippen LogP contribution in [0.2, 0.25) is 0 Å². The topological polar surface area (TPSA) is 66.4 Å². The van der Waals surface area contributed by atoms with Crippen LogP contribution in [0.25, 0.3) is 0 Å². The SMILES string of the molecule is C#CCCC[C@@H](NC(=O)c1ccc(F)cc1F)C(=O)O. The van der Waals surface area contributed by atoms with E-state index in [4.69, 9.17) is 11.5 Å². The van der Waals surface area contributed by atoms with E-state index in [1.165, 1.54) is 0 Å². The van der Waals surface area contributed by atoms with Gasteiger partial charge in [-0.15, -0.1) is 12.3 Å². The first-order valence-corrected chi connectivity index (χ1v) is 5.88. The molecule has 1 rings (SSSR count). The van der Waals surface area contributed by atoms with Crippen LogP contribution in [-0.4, -0.2) is 23.0 Å². The van der Waals surface area contributed by atoms with E-state index in [2.05, 4.69) is 11.2 Å². The van der Waals surface area contributed by atoms with Gasteiger partial charge in [-0.3, -0.25) is 4.79 Å². The fourth-order valence-corrected chi connectivity index (χ4v) is 1.58. The zero-order valence-electron chi connectivity index (χ0n) is 10.5. The summed E-state index contributed by atoms with van der Waals surface area (Å²) in [4.78, 5) is 22.7. The molecule has 6 heteroatoms. The van der Waals surface area contributed by atoms with Gasteiger partial charge in [0.25, 0.3) is 5.91 Å². The zero-order chi connectivity index (χ0) is 15.1. The van der Waals surface area contributed by atoms with Crippen LogP contribution >= 0.6 is 0 Å². The molecular weight excluding hydrogens is 268 g/mol. The Kier molecular flexibility index (Phi) is 5.66. The first-order chi connectivity index (χ1) is 9.45. The van der Waals surface area contributed by atoms with Crippen LogP contribution in [0, 0.1) is 24.0 Å². The second-order valence-electron chi connectivity index (χ2n) is 4.08. The lowest BCUT2D eigenvalue weighted by Gasteiger charge is -2.14. The molecule has 0 aliphatic heterocycles. The Labute approximate surface area is 114 Å². The molecule has 2 N–H and O–H groups in total. The maximum absolute atomic E-state index is 13.4. The molecule has 0 saturated heterocycles. The van der Waals surface area contributed by atoms with E-state index in [0.29, 0.717) is 18.9 Å². The van der Waals surface area contributed by atoms with Crippen LogP contribution in [0.5, 0.6) is 0 Å². The number of carboxylic acids is 1. The van der Waals surface area contributed by atoms with E-state index in [1.54, 1.807) is 0 Å². The van der Waals surface area contributed by atoms with E-state index >= 15 is 0 Å². The molecule has 0 fully saturated rings. The second-order valence-corrected chi connectivity index (χ2v) is 4.08. The summed E-state index contributed by atoms with van der Waals surface area (Å²) in [5.41, 5.74) is -0.408. The number of terminal acetylenes is 1. The smallest absolute Gasteiger partial charge is 0.326 e. The highest BCUT2D eigenvalue weighted by Gasteiger charge is 2.21. The maximum Gasteiger partial charge on any atom is 0.326 e. The Morgan fingerprint density at radius 1 is 1.40 bits per heavy atom. The van der Waals surface area contributed by atoms with Crippen molar-refractivity contribution in [2.75, 3.05) is 0 Å². The number of rotatable bonds is 6. The van der Waals surface area contributed by atoms with Crippen molar-refractivity contribution >= 4 is 11.9 Å². The summed E-state index contributed by atoms with van der Waals surface area (Å²) in [6.45, 7) is 0. The predicted molar refractivity (Wildman–Crippen MR) is 67.9 cm³/mol. The third kappa shape index (κ3) is 4.35. The average Bonchev–Trinajstić information content (AvgIpc) is 2.37. The summed E-state index contributed by atoms with van der Waals surface area (Å²) < 4.78 is 26.1. The van der Waals surface area contributed by atoms with Gasteiger partial charge < -0.3 is 10.4 Å². The van der Waals surface area contributed by atoms with Gasteiger partial charge >= 0.3 is 5.97 Å². The number of hydrogen-bond donors (Lipinski definition) is 2. The van der Waals surface area contributed by atoms with Crippen molar-refractivity contribution in [2.24, 2.45) is 0 Å². The Balaban J connectivity index is 2.75.